The highest BCUT2D eigenvalue weighted by atomic mass is 35.5. The number of nitrogens with one attached hydrogen (secondary N) is 1. The van der Waals surface area contributed by atoms with Crippen molar-refractivity contribution in [2.24, 2.45) is 0 Å². The van der Waals surface area contributed by atoms with Gasteiger partial charge in [0.15, 0.2) is 5.82 Å². The summed E-state index contributed by atoms with van der Waals surface area (Å²) in [6, 6.07) is 10.9. The molecule has 0 unspecified atom stereocenters. The summed E-state index contributed by atoms with van der Waals surface area (Å²) < 4.78 is 40.3. The lowest BCUT2D eigenvalue weighted by atomic mass is 10.1. The van der Waals surface area contributed by atoms with Crippen LogP contribution in [0.15, 0.2) is 58.3 Å². The van der Waals surface area contributed by atoms with Gasteiger partial charge in [0.25, 0.3) is 10.0 Å². The third-order valence-electron chi connectivity index (χ3n) is 4.01. The highest BCUT2D eigenvalue weighted by Crippen LogP contribution is 2.33. The van der Waals surface area contributed by atoms with Crippen LogP contribution in [0.4, 0.5) is 20.7 Å². The maximum Gasteiger partial charge on any atom is 0.427 e. The van der Waals surface area contributed by atoms with Crippen molar-refractivity contribution in [2.45, 2.75) is 17.9 Å². The van der Waals surface area contributed by atoms with Gasteiger partial charge in [0.05, 0.1) is 16.2 Å². The largest absolute Gasteiger partial charge is 0.464 e. The zero-order valence-corrected chi connectivity index (χ0v) is 17.3. The highest BCUT2D eigenvalue weighted by molar-refractivity contribution is 7.93. The van der Waals surface area contributed by atoms with E-state index in [1.165, 1.54) is 10.9 Å². The van der Waals surface area contributed by atoms with E-state index >= 15 is 0 Å². The van der Waals surface area contributed by atoms with Crippen molar-refractivity contribution < 1.29 is 22.7 Å². The quantitative estimate of drug-likeness (QED) is 0.543. The van der Waals surface area contributed by atoms with Gasteiger partial charge < -0.3 is 10.4 Å². The molecule has 1 heterocycles. The van der Waals surface area contributed by atoms with E-state index in [0.717, 1.165) is 29.0 Å². The predicted octanol–water partition coefficient (Wildman–Crippen LogP) is 4.98. The van der Waals surface area contributed by atoms with Gasteiger partial charge in [-0.3, -0.25) is 0 Å². The maximum absolute atomic E-state index is 14.7. The summed E-state index contributed by atoms with van der Waals surface area (Å²) in [7, 11) is -4.78. The number of carbonyl (C=O) groups is 1. The van der Waals surface area contributed by atoms with E-state index in [4.69, 9.17) is 11.6 Å². The first-order valence-corrected chi connectivity index (χ1v) is 10.9. The van der Waals surface area contributed by atoms with Crippen LogP contribution in [0.25, 0.3) is 0 Å². The summed E-state index contributed by atoms with van der Waals surface area (Å²) in [6.07, 6.45) is -1.81. The summed E-state index contributed by atoms with van der Waals surface area (Å²) in [6.45, 7) is 1.84. The highest BCUT2D eigenvalue weighted by Gasteiger charge is 2.35. The van der Waals surface area contributed by atoms with Gasteiger partial charge in [-0.25, -0.2) is 22.6 Å². The SMILES string of the molecule is C[C@H](Nc1cc(F)c(S(=O)(=O)N(C(=O)O)c2cscn2)cc1Cl)c1ccccc1. The van der Waals surface area contributed by atoms with Crippen LogP contribution >= 0.6 is 22.9 Å². The first-order chi connectivity index (χ1) is 13.7. The van der Waals surface area contributed by atoms with Crippen LogP contribution in [-0.2, 0) is 10.0 Å². The standard InChI is InChI=1S/C18H15ClFN3O4S2/c1-11(12-5-3-2-4-6-12)22-15-8-14(20)16(7-13(15)19)29(26,27)23(18(24)25)17-9-28-10-21-17/h2-11,22H,1H3,(H,24,25)/t11-/m0/s1. The van der Waals surface area contributed by atoms with Gasteiger partial charge >= 0.3 is 6.09 Å². The molecular formula is C18H15ClFN3O4S2. The Balaban J connectivity index is 1.97. The van der Waals surface area contributed by atoms with E-state index in [-0.39, 0.29) is 26.9 Å². The smallest absolute Gasteiger partial charge is 0.427 e. The van der Waals surface area contributed by atoms with Gasteiger partial charge in [-0.05, 0) is 24.6 Å². The molecule has 0 aliphatic heterocycles. The van der Waals surface area contributed by atoms with E-state index in [1.54, 1.807) is 0 Å². The topological polar surface area (TPSA) is 99.6 Å². The number of halogens is 2. The zero-order chi connectivity index (χ0) is 21.2. The Morgan fingerprint density at radius 3 is 2.59 bits per heavy atom. The van der Waals surface area contributed by atoms with Crippen LogP contribution in [0, 0.1) is 5.82 Å². The molecule has 0 saturated carbocycles. The molecule has 0 spiro atoms. The number of carboxylic acid groups (broad SMARTS) is 1. The molecule has 1 aromatic heterocycles. The van der Waals surface area contributed by atoms with Crippen molar-refractivity contribution >= 4 is 50.6 Å². The lowest BCUT2D eigenvalue weighted by Gasteiger charge is -2.20. The second-order valence-electron chi connectivity index (χ2n) is 5.94. The monoisotopic (exact) mass is 455 g/mol. The number of hydrogen-bond donors (Lipinski definition) is 2. The number of thiazole rings is 1. The Labute approximate surface area is 175 Å². The lowest BCUT2D eigenvalue weighted by molar-refractivity contribution is 0.206. The number of hydrogen-bond acceptors (Lipinski definition) is 6. The third kappa shape index (κ3) is 4.34. The lowest BCUT2D eigenvalue weighted by Crippen LogP contribution is -2.36. The fraction of sp³-hybridized carbons (Fsp3) is 0.111. The van der Waals surface area contributed by atoms with Gasteiger partial charge in [-0.2, -0.15) is 0 Å². The van der Waals surface area contributed by atoms with Crippen molar-refractivity contribution in [1.29, 1.82) is 0 Å². The van der Waals surface area contributed by atoms with Gasteiger partial charge in [0, 0.05) is 11.4 Å². The molecule has 152 valence electrons. The molecule has 0 radical (unpaired) electrons. The van der Waals surface area contributed by atoms with Crippen LogP contribution in [0.2, 0.25) is 5.02 Å². The molecule has 3 aromatic rings. The average Bonchev–Trinajstić information content (AvgIpc) is 3.18. The number of benzene rings is 2. The second kappa shape index (κ2) is 8.36. The second-order valence-corrected chi connectivity index (χ2v) is 8.82. The third-order valence-corrected chi connectivity index (χ3v) is 6.59. The Hall–Kier alpha value is -2.69. The van der Waals surface area contributed by atoms with E-state index in [0.29, 0.717) is 0 Å². The molecule has 1 atom stereocenters. The van der Waals surface area contributed by atoms with Crippen molar-refractivity contribution in [3.8, 4) is 0 Å². The Morgan fingerprint density at radius 1 is 1.31 bits per heavy atom. The number of rotatable bonds is 6. The summed E-state index contributed by atoms with van der Waals surface area (Å²) >= 11 is 7.18. The minimum atomic E-state index is -4.78. The van der Waals surface area contributed by atoms with E-state index < -0.39 is 26.8 Å². The van der Waals surface area contributed by atoms with Gasteiger partial charge in [0.2, 0.25) is 0 Å². The minimum Gasteiger partial charge on any atom is -0.464 e. The summed E-state index contributed by atoms with van der Waals surface area (Å²) in [4.78, 5) is 14.4. The summed E-state index contributed by atoms with van der Waals surface area (Å²) in [5, 5.41) is 13.5. The molecule has 2 aromatic carbocycles. The van der Waals surface area contributed by atoms with Crippen molar-refractivity contribution in [2.75, 3.05) is 9.62 Å². The number of nitrogens with zero attached hydrogens (tertiary/aromatic N) is 2. The Kier molecular flexibility index (Phi) is 6.06. The summed E-state index contributed by atoms with van der Waals surface area (Å²) in [5.41, 5.74) is 2.36. The Bertz CT molecular complexity index is 1130. The fourth-order valence-electron chi connectivity index (χ4n) is 2.62. The molecular weight excluding hydrogens is 441 g/mol. The molecule has 11 heteroatoms. The summed E-state index contributed by atoms with van der Waals surface area (Å²) in [5.74, 6) is -1.49. The van der Waals surface area contributed by atoms with Crippen molar-refractivity contribution in [1.82, 2.24) is 4.98 Å². The van der Waals surface area contributed by atoms with Gasteiger partial charge in [-0.1, -0.05) is 41.9 Å². The normalized spacial score (nSPS) is 12.4. The fourth-order valence-corrected chi connectivity index (χ4v) is 4.81. The molecule has 7 nitrogen and oxygen atoms in total. The molecule has 0 saturated heterocycles. The molecule has 0 bridgehead atoms. The van der Waals surface area contributed by atoms with Crippen LogP contribution < -0.4 is 9.62 Å². The molecule has 2 N–H and O–H groups in total. The zero-order valence-electron chi connectivity index (χ0n) is 14.9. The first kappa shape index (κ1) is 21.0. The van der Waals surface area contributed by atoms with E-state index in [1.807, 2.05) is 37.3 Å². The van der Waals surface area contributed by atoms with Gasteiger partial charge in [0.1, 0.15) is 10.7 Å². The van der Waals surface area contributed by atoms with Gasteiger partial charge in [-0.15, -0.1) is 15.6 Å². The molecule has 29 heavy (non-hydrogen) atoms. The van der Waals surface area contributed by atoms with Crippen LogP contribution in [0.3, 0.4) is 0 Å². The van der Waals surface area contributed by atoms with Crippen LogP contribution in [-0.4, -0.2) is 24.6 Å². The maximum atomic E-state index is 14.7. The number of amides is 1. The molecule has 0 aliphatic carbocycles. The number of anilines is 2. The van der Waals surface area contributed by atoms with E-state index in [9.17, 15) is 22.7 Å². The molecule has 3 rings (SSSR count). The molecule has 0 fully saturated rings. The number of sulfonamides is 1. The number of aromatic nitrogens is 1. The minimum absolute atomic E-state index is 0.0118. The average molecular weight is 456 g/mol. The molecule has 1 amide bonds. The van der Waals surface area contributed by atoms with Crippen LogP contribution in [0.5, 0.6) is 0 Å². The predicted molar refractivity (Wildman–Crippen MR) is 110 cm³/mol. The van der Waals surface area contributed by atoms with Crippen LogP contribution in [0.1, 0.15) is 18.5 Å². The molecule has 0 aliphatic rings. The first-order valence-electron chi connectivity index (χ1n) is 8.18. The van der Waals surface area contributed by atoms with Crippen molar-refractivity contribution in [3.05, 3.63) is 69.8 Å². The van der Waals surface area contributed by atoms with Crippen molar-refractivity contribution in [3.63, 3.8) is 0 Å². The Morgan fingerprint density at radius 2 is 2.00 bits per heavy atom. The van der Waals surface area contributed by atoms with E-state index in [2.05, 4.69) is 10.3 Å².